The zero-order valence-corrected chi connectivity index (χ0v) is 9.96. The van der Waals surface area contributed by atoms with Gasteiger partial charge in [0.1, 0.15) is 0 Å². The van der Waals surface area contributed by atoms with Crippen molar-refractivity contribution in [2.24, 2.45) is 23.5 Å². The molecule has 3 atom stereocenters. The minimum atomic E-state index is 0.141. The average Bonchev–Trinajstić information content (AvgIpc) is 2.71. The first-order valence-electron chi connectivity index (χ1n) is 6.16. The van der Waals surface area contributed by atoms with E-state index >= 15 is 0 Å². The van der Waals surface area contributed by atoms with Gasteiger partial charge in [0.05, 0.1) is 0 Å². The first-order valence-corrected chi connectivity index (χ1v) is 6.16. The normalized spacial score (nSPS) is 27.7. The molecule has 0 aliphatic heterocycles. The van der Waals surface area contributed by atoms with Gasteiger partial charge in [-0.05, 0) is 37.6 Å². The van der Waals surface area contributed by atoms with Crippen molar-refractivity contribution >= 4 is 5.91 Å². The van der Waals surface area contributed by atoms with E-state index in [-0.39, 0.29) is 11.8 Å². The largest absolute Gasteiger partial charge is 0.356 e. The van der Waals surface area contributed by atoms with Crippen molar-refractivity contribution in [2.75, 3.05) is 13.1 Å². The highest BCUT2D eigenvalue weighted by molar-refractivity contribution is 5.78. The lowest BCUT2D eigenvalue weighted by Gasteiger charge is -2.19. The maximum atomic E-state index is 11.6. The smallest absolute Gasteiger partial charge is 0.222 e. The third kappa shape index (κ3) is 3.49. The molecule has 1 aliphatic rings. The highest BCUT2D eigenvalue weighted by Gasteiger charge is 2.26. The fourth-order valence-electron chi connectivity index (χ4n) is 2.28. The Morgan fingerprint density at radius 3 is 2.73 bits per heavy atom. The minimum absolute atomic E-state index is 0.141. The first-order chi connectivity index (χ1) is 7.19. The molecule has 1 saturated carbocycles. The summed E-state index contributed by atoms with van der Waals surface area (Å²) in [5, 5.41) is 3.05. The van der Waals surface area contributed by atoms with Crippen LogP contribution in [0.1, 0.15) is 39.5 Å². The number of amides is 1. The Kier molecular flexibility index (Phi) is 5.09. The molecule has 0 aromatic heterocycles. The molecule has 0 aromatic rings. The fraction of sp³-hybridized carbons (Fsp3) is 0.917. The van der Waals surface area contributed by atoms with Gasteiger partial charge in [0.15, 0.2) is 0 Å². The number of rotatable bonds is 5. The Morgan fingerprint density at radius 1 is 1.47 bits per heavy atom. The van der Waals surface area contributed by atoms with Gasteiger partial charge in [0.2, 0.25) is 5.91 Å². The quantitative estimate of drug-likeness (QED) is 0.726. The number of carbonyl (C=O) groups excluding carboxylic acids is 1. The first kappa shape index (κ1) is 12.5. The van der Waals surface area contributed by atoms with Gasteiger partial charge in [0.25, 0.3) is 0 Å². The van der Waals surface area contributed by atoms with E-state index in [1.54, 1.807) is 0 Å². The molecule has 88 valence electrons. The lowest BCUT2D eigenvalue weighted by Crippen LogP contribution is -2.35. The van der Waals surface area contributed by atoms with Crippen LogP contribution in [0.3, 0.4) is 0 Å². The van der Waals surface area contributed by atoms with E-state index in [1.165, 1.54) is 19.3 Å². The molecule has 0 heterocycles. The van der Waals surface area contributed by atoms with E-state index < -0.39 is 0 Å². The van der Waals surface area contributed by atoms with Gasteiger partial charge in [0, 0.05) is 12.5 Å². The van der Waals surface area contributed by atoms with Crippen molar-refractivity contribution in [2.45, 2.75) is 39.5 Å². The lowest BCUT2D eigenvalue weighted by molar-refractivity contribution is -0.124. The molecule has 0 spiro atoms. The van der Waals surface area contributed by atoms with E-state index in [1.807, 2.05) is 13.8 Å². The average molecular weight is 212 g/mol. The number of nitrogens with one attached hydrogen (secondary N) is 1. The highest BCUT2D eigenvalue weighted by atomic mass is 16.1. The zero-order chi connectivity index (χ0) is 11.3. The van der Waals surface area contributed by atoms with Gasteiger partial charge < -0.3 is 11.1 Å². The maximum Gasteiger partial charge on any atom is 0.222 e. The Bertz CT molecular complexity index is 206. The van der Waals surface area contributed by atoms with Crippen LogP contribution in [0.25, 0.3) is 0 Å². The predicted molar refractivity (Wildman–Crippen MR) is 62.4 cm³/mol. The summed E-state index contributed by atoms with van der Waals surface area (Å²) >= 11 is 0. The Morgan fingerprint density at radius 2 is 2.13 bits per heavy atom. The van der Waals surface area contributed by atoms with Gasteiger partial charge >= 0.3 is 0 Å². The maximum absolute atomic E-state index is 11.6. The van der Waals surface area contributed by atoms with Crippen LogP contribution >= 0.6 is 0 Å². The summed E-state index contributed by atoms with van der Waals surface area (Å²) in [6.07, 6.45) is 4.64. The summed E-state index contributed by atoms with van der Waals surface area (Å²) < 4.78 is 0. The van der Waals surface area contributed by atoms with Crippen LogP contribution in [-0.4, -0.2) is 19.0 Å². The molecule has 0 bridgehead atoms. The fourth-order valence-corrected chi connectivity index (χ4v) is 2.28. The molecule has 15 heavy (non-hydrogen) atoms. The third-order valence-electron chi connectivity index (χ3n) is 3.72. The second-order valence-corrected chi connectivity index (χ2v) is 4.74. The number of hydrogen-bond donors (Lipinski definition) is 2. The van der Waals surface area contributed by atoms with E-state index in [9.17, 15) is 4.79 Å². The second-order valence-electron chi connectivity index (χ2n) is 4.74. The summed E-state index contributed by atoms with van der Waals surface area (Å²) in [7, 11) is 0. The summed E-state index contributed by atoms with van der Waals surface area (Å²) in [6.45, 7) is 5.61. The molecule has 0 radical (unpaired) electrons. The van der Waals surface area contributed by atoms with Gasteiger partial charge in [-0.25, -0.2) is 0 Å². The van der Waals surface area contributed by atoms with E-state index in [2.05, 4.69) is 5.32 Å². The molecular weight excluding hydrogens is 188 g/mol. The van der Waals surface area contributed by atoms with Crippen molar-refractivity contribution in [3.63, 3.8) is 0 Å². The van der Waals surface area contributed by atoms with Crippen LogP contribution in [0.2, 0.25) is 0 Å². The van der Waals surface area contributed by atoms with Crippen molar-refractivity contribution in [3.05, 3.63) is 0 Å². The minimum Gasteiger partial charge on any atom is -0.356 e. The summed E-state index contributed by atoms with van der Waals surface area (Å²) in [5.41, 5.74) is 5.70. The summed E-state index contributed by atoms with van der Waals surface area (Å²) in [4.78, 5) is 11.6. The van der Waals surface area contributed by atoms with E-state index in [0.29, 0.717) is 11.8 Å². The van der Waals surface area contributed by atoms with Crippen LogP contribution in [0, 0.1) is 17.8 Å². The Hall–Kier alpha value is -0.570. The van der Waals surface area contributed by atoms with Crippen molar-refractivity contribution < 1.29 is 4.79 Å². The van der Waals surface area contributed by atoms with E-state index in [4.69, 9.17) is 5.73 Å². The van der Waals surface area contributed by atoms with Gasteiger partial charge in [-0.1, -0.05) is 20.3 Å². The Labute approximate surface area is 92.8 Å². The molecule has 1 amide bonds. The topological polar surface area (TPSA) is 55.1 Å². The third-order valence-corrected chi connectivity index (χ3v) is 3.72. The van der Waals surface area contributed by atoms with Crippen molar-refractivity contribution in [3.8, 4) is 0 Å². The number of hydrogen-bond acceptors (Lipinski definition) is 2. The molecule has 1 aliphatic carbocycles. The van der Waals surface area contributed by atoms with Gasteiger partial charge in [-0.2, -0.15) is 0 Å². The summed E-state index contributed by atoms with van der Waals surface area (Å²) in [5.74, 6) is 1.58. The molecule has 3 nitrogen and oxygen atoms in total. The van der Waals surface area contributed by atoms with Crippen LogP contribution in [0.5, 0.6) is 0 Å². The monoisotopic (exact) mass is 212 g/mol. The molecule has 1 fully saturated rings. The van der Waals surface area contributed by atoms with Gasteiger partial charge in [-0.3, -0.25) is 4.79 Å². The molecule has 0 aromatic carbocycles. The van der Waals surface area contributed by atoms with Gasteiger partial charge in [-0.15, -0.1) is 0 Å². The number of nitrogens with two attached hydrogens (primary N) is 1. The standard InChI is InChI=1S/C12H24N2O/c1-3-9(2)12(15)14-8-11-6-4-5-10(11)7-13/h9-11H,3-8,13H2,1-2H3,(H,14,15). The SMILES string of the molecule is CCC(C)C(=O)NCC1CCCC1CN. The van der Waals surface area contributed by atoms with Crippen LogP contribution < -0.4 is 11.1 Å². The van der Waals surface area contributed by atoms with E-state index in [0.717, 1.165) is 19.5 Å². The molecule has 3 unspecified atom stereocenters. The molecule has 3 N–H and O–H groups in total. The van der Waals surface area contributed by atoms with Crippen LogP contribution in [0.15, 0.2) is 0 Å². The summed E-state index contributed by atoms with van der Waals surface area (Å²) in [6, 6.07) is 0. The highest BCUT2D eigenvalue weighted by Crippen LogP contribution is 2.30. The predicted octanol–water partition coefficient (Wildman–Crippen LogP) is 1.52. The Balaban J connectivity index is 2.27. The zero-order valence-electron chi connectivity index (χ0n) is 9.96. The van der Waals surface area contributed by atoms with Crippen LogP contribution in [0.4, 0.5) is 0 Å². The van der Waals surface area contributed by atoms with Crippen molar-refractivity contribution in [1.29, 1.82) is 0 Å². The van der Waals surface area contributed by atoms with Crippen molar-refractivity contribution in [1.82, 2.24) is 5.32 Å². The molecule has 0 saturated heterocycles. The number of carbonyl (C=O) groups is 1. The lowest BCUT2D eigenvalue weighted by atomic mass is 9.96. The molecule has 3 heteroatoms. The second kappa shape index (κ2) is 6.11. The molecule has 1 rings (SSSR count). The molecular formula is C12H24N2O. The van der Waals surface area contributed by atoms with Crippen LogP contribution in [-0.2, 0) is 4.79 Å².